The number of nitrogens with zero attached hydrogens (tertiary/aromatic N) is 1. The van der Waals surface area contributed by atoms with Crippen molar-refractivity contribution in [1.82, 2.24) is 10.2 Å². The number of fused-ring (bicyclic) bond motifs is 4. The minimum Gasteiger partial charge on any atom is -0.324 e. The van der Waals surface area contributed by atoms with Crippen LogP contribution in [0.3, 0.4) is 0 Å². The summed E-state index contributed by atoms with van der Waals surface area (Å²) in [6.45, 7) is 2.38. The maximum atomic E-state index is 14.0. The molecule has 6 rings (SSSR count). The fourth-order valence-electron chi connectivity index (χ4n) is 6.28. The molecule has 0 radical (unpaired) electrons. The zero-order chi connectivity index (χ0) is 24.9. The second kappa shape index (κ2) is 8.71. The lowest BCUT2D eigenvalue weighted by Gasteiger charge is -2.30. The predicted molar refractivity (Wildman–Crippen MR) is 137 cm³/mol. The van der Waals surface area contributed by atoms with Crippen LogP contribution in [-0.4, -0.2) is 35.2 Å². The number of amides is 3. The van der Waals surface area contributed by atoms with Gasteiger partial charge in [0.15, 0.2) is 0 Å². The molecule has 3 aromatic carbocycles. The fraction of sp³-hybridized carbons (Fsp3) is 0.300. The molecule has 2 fully saturated rings. The number of anilines is 1. The number of hydrogen-bond donors (Lipinski definition) is 2. The van der Waals surface area contributed by atoms with Crippen molar-refractivity contribution in [1.29, 1.82) is 0 Å². The summed E-state index contributed by atoms with van der Waals surface area (Å²) in [6, 6.07) is 25.4. The Kier molecular flexibility index (Phi) is 5.49. The van der Waals surface area contributed by atoms with Crippen LogP contribution in [0, 0.1) is 11.8 Å². The van der Waals surface area contributed by atoms with Crippen LogP contribution in [-0.2, 0) is 39.2 Å². The lowest BCUT2D eigenvalue weighted by molar-refractivity contribution is -0.142. The molecule has 3 aliphatic rings. The molecule has 2 N–H and O–H groups in total. The molecule has 3 aliphatic heterocycles. The Morgan fingerprint density at radius 3 is 2.22 bits per heavy atom. The van der Waals surface area contributed by atoms with Crippen molar-refractivity contribution in [3.8, 4) is 0 Å². The van der Waals surface area contributed by atoms with Gasteiger partial charge in [0.05, 0.1) is 11.8 Å². The number of aryl methyl sites for hydroxylation is 1. The van der Waals surface area contributed by atoms with E-state index in [0.29, 0.717) is 25.1 Å². The first-order chi connectivity index (χ1) is 17.5. The van der Waals surface area contributed by atoms with E-state index in [4.69, 9.17) is 0 Å². The Labute approximate surface area is 210 Å². The molecular weight excluding hydrogens is 450 g/mol. The van der Waals surface area contributed by atoms with Crippen LogP contribution in [0.5, 0.6) is 0 Å². The van der Waals surface area contributed by atoms with Crippen molar-refractivity contribution in [2.75, 3.05) is 11.9 Å². The third-order valence-electron chi connectivity index (χ3n) is 8.04. The number of imide groups is 1. The van der Waals surface area contributed by atoms with E-state index in [-0.39, 0.29) is 23.8 Å². The van der Waals surface area contributed by atoms with Crippen LogP contribution in [0.4, 0.5) is 5.69 Å². The molecule has 0 aliphatic carbocycles. The maximum Gasteiger partial charge on any atom is 0.250 e. The van der Waals surface area contributed by atoms with Crippen molar-refractivity contribution in [2.45, 2.75) is 37.8 Å². The quantitative estimate of drug-likeness (QED) is 0.531. The maximum absolute atomic E-state index is 14.0. The SMILES string of the molecule is CCc1ccc2c(c1)[C@@]1(N[C@@H](Cc3ccccc3)[C@H]3C(=O)N(CCc4ccccc4)C(=O)[C@@H]31)C(=O)N2. The molecule has 6 nitrogen and oxygen atoms in total. The first-order valence-electron chi connectivity index (χ1n) is 12.7. The van der Waals surface area contributed by atoms with Crippen molar-refractivity contribution in [3.05, 3.63) is 101 Å². The second-order valence-corrected chi connectivity index (χ2v) is 10.0. The van der Waals surface area contributed by atoms with Crippen molar-refractivity contribution >= 4 is 23.4 Å². The molecular formula is C30H29N3O3. The normalized spacial score (nSPS) is 26.4. The number of carbonyl (C=O) groups is 3. The van der Waals surface area contributed by atoms with Crippen LogP contribution < -0.4 is 10.6 Å². The summed E-state index contributed by atoms with van der Waals surface area (Å²) in [6.07, 6.45) is 1.96. The van der Waals surface area contributed by atoms with Crippen LogP contribution in [0.25, 0.3) is 0 Å². The third-order valence-corrected chi connectivity index (χ3v) is 8.04. The molecule has 36 heavy (non-hydrogen) atoms. The number of rotatable bonds is 6. The topological polar surface area (TPSA) is 78.5 Å². The summed E-state index contributed by atoms with van der Waals surface area (Å²) < 4.78 is 0. The fourth-order valence-corrected chi connectivity index (χ4v) is 6.28. The molecule has 3 aromatic rings. The second-order valence-electron chi connectivity index (χ2n) is 10.0. The molecule has 4 atom stereocenters. The largest absolute Gasteiger partial charge is 0.324 e. The summed E-state index contributed by atoms with van der Waals surface area (Å²) in [5.74, 6) is -2.06. The Morgan fingerprint density at radius 2 is 1.53 bits per heavy atom. The highest BCUT2D eigenvalue weighted by Gasteiger charge is 2.70. The minimum absolute atomic E-state index is 0.181. The lowest BCUT2D eigenvalue weighted by atomic mass is 9.76. The standard InChI is InChI=1S/C30H29N3O3/c1-2-19-13-14-23-22(17-19)30(29(36)31-23)26-25(24(32-30)18-21-11-7-4-8-12-21)27(34)33(28(26)35)16-15-20-9-5-3-6-10-20/h3-14,17,24-26,32H,2,15-16,18H2,1H3,(H,31,36)/t24-,25+,26+,30-/m0/s1. The Morgan fingerprint density at radius 1 is 0.833 bits per heavy atom. The van der Waals surface area contributed by atoms with Gasteiger partial charge in [-0.25, -0.2) is 0 Å². The first kappa shape index (κ1) is 22.7. The zero-order valence-electron chi connectivity index (χ0n) is 20.2. The molecule has 3 amide bonds. The van der Waals surface area contributed by atoms with Gasteiger partial charge < -0.3 is 5.32 Å². The van der Waals surface area contributed by atoms with E-state index in [2.05, 4.69) is 17.6 Å². The summed E-state index contributed by atoms with van der Waals surface area (Å²) >= 11 is 0. The van der Waals surface area contributed by atoms with Crippen molar-refractivity contribution < 1.29 is 14.4 Å². The molecule has 3 heterocycles. The summed E-state index contributed by atoms with van der Waals surface area (Å²) in [4.78, 5) is 42.9. The number of carbonyl (C=O) groups excluding carboxylic acids is 3. The minimum atomic E-state index is -1.25. The van der Waals surface area contributed by atoms with Crippen LogP contribution in [0.15, 0.2) is 78.9 Å². The van der Waals surface area contributed by atoms with Gasteiger partial charge in [-0.1, -0.05) is 79.7 Å². The smallest absolute Gasteiger partial charge is 0.250 e. The van der Waals surface area contributed by atoms with E-state index in [1.807, 2.05) is 78.9 Å². The van der Waals surface area contributed by atoms with Gasteiger partial charge in [0.1, 0.15) is 5.54 Å². The van der Waals surface area contributed by atoms with Gasteiger partial charge in [-0.05, 0) is 42.0 Å². The summed E-state index contributed by atoms with van der Waals surface area (Å²) in [5.41, 5.74) is 3.47. The predicted octanol–water partition coefficient (Wildman–Crippen LogP) is 3.45. The van der Waals surface area contributed by atoms with Gasteiger partial charge >= 0.3 is 0 Å². The van der Waals surface area contributed by atoms with Gasteiger partial charge in [0.25, 0.3) is 0 Å². The molecule has 0 saturated carbocycles. The Balaban J connectivity index is 1.41. The monoisotopic (exact) mass is 479 g/mol. The molecule has 0 bridgehead atoms. The van der Waals surface area contributed by atoms with Crippen molar-refractivity contribution in [3.63, 3.8) is 0 Å². The molecule has 2 saturated heterocycles. The van der Waals surface area contributed by atoms with Crippen molar-refractivity contribution in [2.24, 2.45) is 11.8 Å². The highest BCUT2D eigenvalue weighted by molar-refractivity contribution is 6.15. The molecule has 0 unspecified atom stereocenters. The average molecular weight is 480 g/mol. The van der Waals surface area contributed by atoms with Gasteiger partial charge in [-0.15, -0.1) is 0 Å². The molecule has 6 heteroatoms. The first-order valence-corrected chi connectivity index (χ1v) is 12.7. The average Bonchev–Trinajstić information content (AvgIpc) is 3.48. The Hall–Kier alpha value is -3.77. The van der Waals surface area contributed by atoms with Gasteiger partial charge in [-0.3, -0.25) is 24.6 Å². The summed E-state index contributed by atoms with van der Waals surface area (Å²) in [5, 5.41) is 6.55. The van der Waals surface area contributed by atoms with E-state index in [0.717, 1.165) is 28.7 Å². The van der Waals surface area contributed by atoms with E-state index in [1.54, 1.807) is 0 Å². The number of benzene rings is 3. The van der Waals surface area contributed by atoms with E-state index in [9.17, 15) is 14.4 Å². The van der Waals surface area contributed by atoms with E-state index >= 15 is 0 Å². The van der Waals surface area contributed by atoms with E-state index in [1.165, 1.54) is 4.90 Å². The number of likely N-dealkylation sites (tertiary alicyclic amines) is 1. The third kappa shape index (κ3) is 3.39. The Bertz CT molecular complexity index is 1340. The number of hydrogen-bond acceptors (Lipinski definition) is 4. The number of nitrogens with one attached hydrogen (secondary N) is 2. The molecule has 1 spiro atoms. The van der Waals surface area contributed by atoms with Gasteiger partial charge in [-0.2, -0.15) is 0 Å². The van der Waals surface area contributed by atoms with Crippen LogP contribution in [0.1, 0.15) is 29.2 Å². The van der Waals surface area contributed by atoms with E-state index < -0.39 is 17.4 Å². The molecule has 182 valence electrons. The van der Waals surface area contributed by atoms with Crippen LogP contribution in [0.2, 0.25) is 0 Å². The van der Waals surface area contributed by atoms with Gasteiger partial charge in [0.2, 0.25) is 17.7 Å². The zero-order valence-corrected chi connectivity index (χ0v) is 20.2. The van der Waals surface area contributed by atoms with Crippen LogP contribution >= 0.6 is 0 Å². The highest BCUT2D eigenvalue weighted by Crippen LogP contribution is 2.53. The highest BCUT2D eigenvalue weighted by atomic mass is 16.2. The molecule has 0 aromatic heterocycles. The van der Waals surface area contributed by atoms with Gasteiger partial charge in [0, 0.05) is 23.8 Å². The summed E-state index contributed by atoms with van der Waals surface area (Å²) in [7, 11) is 0. The lowest BCUT2D eigenvalue weighted by Crippen LogP contribution is -2.53.